The first-order valence-corrected chi connectivity index (χ1v) is 8.04. The van der Waals surface area contributed by atoms with E-state index in [2.05, 4.69) is 9.71 Å². The third-order valence-corrected chi connectivity index (χ3v) is 3.66. The molecule has 8 nitrogen and oxygen atoms in total. The number of ether oxygens (including phenoxy) is 1. The van der Waals surface area contributed by atoms with Crippen LogP contribution in [0.3, 0.4) is 0 Å². The molecule has 1 aliphatic heterocycles. The van der Waals surface area contributed by atoms with E-state index in [0.29, 0.717) is 25.3 Å². The molecule has 1 aliphatic rings. The van der Waals surface area contributed by atoms with E-state index >= 15 is 0 Å². The SMILES string of the molecule is COCC(=O)N1CCn2cc(CNS(C)(=O)=O)nc2C1. The molecule has 0 aromatic carbocycles. The van der Waals surface area contributed by atoms with Crippen molar-refractivity contribution < 1.29 is 17.9 Å². The quantitative estimate of drug-likeness (QED) is 0.747. The molecule has 1 amide bonds. The van der Waals surface area contributed by atoms with Gasteiger partial charge in [0.2, 0.25) is 15.9 Å². The molecule has 0 saturated heterocycles. The molecule has 2 heterocycles. The second-order valence-corrected chi connectivity index (χ2v) is 6.52. The van der Waals surface area contributed by atoms with Gasteiger partial charge in [-0.1, -0.05) is 0 Å². The lowest BCUT2D eigenvalue weighted by molar-refractivity contribution is -0.136. The number of sulfonamides is 1. The minimum absolute atomic E-state index is 0.0587. The minimum atomic E-state index is -3.24. The number of amides is 1. The molecule has 20 heavy (non-hydrogen) atoms. The number of rotatable bonds is 5. The van der Waals surface area contributed by atoms with Crippen molar-refractivity contribution in [1.29, 1.82) is 0 Å². The van der Waals surface area contributed by atoms with Gasteiger partial charge in [-0.3, -0.25) is 4.79 Å². The minimum Gasteiger partial charge on any atom is -0.375 e. The number of hydrogen-bond acceptors (Lipinski definition) is 5. The smallest absolute Gasteiger partial charge is 0.249 e. The van der Waals surface area contributed by atoms with Crippen molar-refractivity contribution in [1.82, 2.24) is 19.2 Å². The van der Waals surface area contributed by atoms with Gasteiger partial charge in [0.25, 0.3) is 0 Å². The van der Waals surface area contributed by atoms with E-state index < -0.39 is 10.0 Å². The molecule has 9 heteroatoms. The van der Waals surface area contributed by atoms with Gasteiger partial charge in [-0.2, -0.15) is 0 Å². The highest BCUT2D eigenvalue weighted by Crippen LogP contribution is 2.13. The van der Waals surface area contributed by atoms with Crippen molar-refractivity contribution in [2.24, 2.45) is 0 Å². The molecule has 0 bridgehead atoms. The summed E-state index contributed by atoms with van der Waals surface area (Å²) in [6, 6.07) is 0. The summed E-state index contributed by atoms with van der Waals surface area (Å²) in [5, 5.41) is 0. The number of nitrogens with zero attached hydrogens (tertiary/aromatic N) is 3. The summed E-state index contributed by atoms with van der Waals surface area (Å²) >= 11 is 0. The molecule has 0 saturated carbocycles. The highest BCUT2D eigenvalue weighted by molar-refractivity contribution is 7.88. The summed E-state index contributed by atoms with van der Waals surface area (Å²) in [5.74, 6) is 0.684. The van der Waals surface area contributed by atoms with Crippen LogP contribution >= 0.6 is 0 Å². The fourth-order valence-corrected chi connectivity index (χ4v) is 2.44. The third kappa shape index (κ3) is 3.78. The van der Waals surface area contributed by atoms with Gasteiger partial charge in [0.1, 0.15) is 12.4 Å². The van der Waals surface area contributed by atoms with Crippen LogP contribution in [-0.2, 0) is 39.2 Å². The summed E-state index contributed by atoms with van der Waals surface area (Å²) in [7, 11) is -1.75. The van der Waals surface area contributed by atoms with E-state index in [-0.39, 0.29) is 19.1 Å². The molecular weight excluding hydrogens is 284 g/mol. The lowest BCUT2D eigenvalue weighted by Gasteiger charge is -2.27. The molecular formula is C11H18N4O4S. The zero-order valence-corrected chi connectivity index (χ0v) is 12.3. The van der Waals surface area contributed by atoms with Crippen molar-refractivity contribution in [3.05, 3.63) is 17.7 Å². The molecule has 0 spiro atoms. The third-order valence-electron chi connectivity index (χ3n) is 2.99. The summed E-state index contributed by atoms with van der Waals surface area (Å²) in [5.41, 5.74) is 0.645. The Morgan fingerprint density at radius 3 is 2.90 bits per heavy atom. The highest BCUT2D eigenvalue weighted by Gasteiger charge is 2.22. The van der Waals surface area contributed by atoms with Gasteiger partial charge in [0.05, 0.1) is 25.0 Å². The molecule has 112 valence electrons. The van der Waals surface area contributed by atoms with E-state index in [1.54, 1.807) is 4.90 Å². The van der Waals surface area contributed by atoms with Crippen LogP contribution < -0.4 is 4.72 Å². The average molecular weight is 302 g/mol. The first-order chi connectivity index (χ1) is 9.39. The number of nitrogens with one attached hydrogen (secondary N) is 1. The maximum Gasteiger partial charge on any atom is 0.249 e. The second-order valence-electron chi connectivity index (χ2n) is 4.68. The molecule has 0 radical (unpaired) electrons. The number of imidazole rings is 1. The number of fused-ring (bicyclic) bond motifs is 1. The molecule has 0 fully saturated rings. The lowest BCUT2D eigenvalue weighted by Crippen LogP contribution is -2.40. The largest absolute Gasteiger partial charge is 0.375 e. The Hall–Kier alpha value is -1.45. The second kappa shape index (κ2) is 5.90. The Morgan fingerprint density at radius 2 is 2.25 bits per heavy atom. The zero-order chi connectivity index (χ0) is 14.8. The van der Waals surface area contributed by atoms with Crippen LogP contribution in [0, 0.1) is 0 Å². The van der Waals surface area contributed by atoms with Crippen molar-refractivity contribution in [3.8, 4) is 0 Å². The maximum atomic E-state index is 11.7. The van der Waals surface area contributed by atoms with Crippen LogP contribution in [0.5, 0.6) is 0 Å². The Bertz CT molecular complexity index is 596. The standard InChI is InChI=1S/C11H18N4O4S/c1-19-8-11(16)15-4-3-14-6-9(13-10(14)7-15)5-12-20(2,17)18/h6,12H,3-5,7-8H2,1-2H3. The molecule has 2 rings (SSSR count). The highest BCUT2D eigenvalue weighted by atomic mass is 32.2. The Labute approximate surface area is 117 Å². The number of hydrogen-bond donors (Lipinski definition) is 1. The van der Waals surface area contributed by atoms with Gasteiger partial charge in [0.15, 0.2) is 0 Å². The van der Waals surface area contributed by atoms with Crippen LogP contribution in [0.25, 0.3) is 0 Å². The van der Waals surface area contributed by atoms with Crippen LogP contribution in [0.15, 0.2) is 6.20 Å². The van der Waals surface area contributed by atoms with Gasteiger partial charge in [-0.25, -0.2) is 18.1 Å². The molecule has 1 aromatic heterocycles. The van der Waals surface area contributed by atoms with Crippen molar-refractivity contribution in [3.63, 3.8) is 0 Å². The molecule has 0 atom stereocenters. The van der Waals surface area contributed by atoms with E-state index in [1.165, 1.54) is 7.11 Å². The first kappa shape index (κ1) is 14.9. The van der Waals surface area contributed by atoms with Crippen LogP contribution in [0.4, 0.5) is 0 Å². The summed E-state index contributed by atoms with van der Waals surface area (Å²) in [4.78, 5) is 17.8. The average Bonchev–Trinajstić information content (AvgIpc) is 2.77. The van der Waals surface area contributed by atoms with Crippen LogP contribution in [-0.4, -0.2) is 55.3 Å². The van der Waals surface area contributed by atoms with Gasteiger partial charge in [0, 0.05) is 26.4 Å². The van der Waals surface area contributed by atoms with E-state index in [9.17, 15) is 13.2 Å². The predicted octanol–water partition coefficient (Wildman–Crippen LogP) is -1.08. The number of carbonyl (C=O) groups is 1. The van der Waals surface area contributed by atoms with Crippen molar-refractivity contribution >= 4 is 15.9 Å². The van der Waals surface area contributed by atoms with E-state index in [0.717, 1.165) is 12.1 Å². The number of methoxy groups -OCH3 is 1. The predicted molar refractivity (Wildman–Crippen MR) is 71.2 cm³/mol. The van der Waals surface area contributed by atoms with Gasteiger partial charge < -0.3 is 14.2 Å². The normalized spacial score (nSPS) is 15.2. The van der Waals surface area contributed by atoms with E-state index in [1.807, 2.05) is 10.8 Å². The van der Waals surface area contributed by atoms with Gasteiger partial charge in [-0.15, -0.1) is 0 Å². The maximum absolute atomic E-state index is 11.7. The van der Waals surface area contributed by atoms with Gasteiger partial charge >= 0.3 is 0 Å². The molecule has 0 unspecified atom stereocenters. The van der Waals surface area contributed by atoms with Crippen LogP contribution in [0.1, 0.15) is 11.5 Å². The fourth-order valence-electron chi connectivity index (χ4n) is 2.03. The topological polar surface area (TPSA) is 93.5 Å². The summed E-state index contributed by atoms with van der Waals surface area (Å²) in [6.07, 6.45) is 2.92. The zero-order valence-electron chi connectivity index (χ0n) is 11.5. The Morgan fingerprint density at radius 1 is 1.50 bits per heavy atom. The number of carbonyl (C=O) groups excluding carboxylic acids is 1. The Kier molecular flexibility index (Phi) is 4.41. The van der Waals surface area contributed by atoms with Crippen molar-refractivity contribution in [2.75, 3.05) is 26.5 Å². The monoisotopic (exact) mass is 302 g/mol. The lowest BCUT2D eigenvalue weighted by atomic mass is 10.3. The van der Waals surface area contributed by atoms with Crippen molar-refractivity contribution in [2.45, 2.75) is 19.6 Å². The Balaban J connectivity index is 2.02. The fraction of sp³-hybridized carbons (Fsp3) is 0.636. The summed E-state index contributed by atoms with van der Waals surface area (Å²) < 4.78 is 31.3. The van der Waals surface area contributed by atoms with Crippen LogP contribution in [0.2, 0.25) is 0 Å². The van der Waals surface area contributed by atoms with Gasteiger partial charge in [-0.05, 0) is 0 Å². The number of aromatic nitrogens is 2. The van der Waals surface area contributed by atoms with E-state index in [4.69, 9.17) is 4.74 Å². The molecule has 1 aromatic rings. The summed E-state index contributed by atoms with van der Waals surface area (Å²) in [6.45, 7) is 1.89. The molecule has 0 aliphatic carbocycles. The molecule has 1 N–H and O–H groups in total. The first-order valence-electron chi connectivity index (χ1n) is 6.15.